The van der Waals surface area contributed by atoms with Crippen LogP contribution >= 0.6 is 0 Å². The number of aromatic nitrogens is 1. The van der Waals surface area contributed by atoms with Crippen molar-refractivity contribution in [2.75, 3.05) is 25.7 Å². The third-order valence-electron chi connectivity index (χ3n) is 2.44. The number of hydrogen-bond acceptors (Lipinski definition) is 5. The molecule has 0 saturated carbocycles. The zero-order valence-corrected chi connectivity index (χ0v) is 11.0. The quantitative estimate of drug-likeness (QED) is 0.397. The molecule has 1 amide bonds. The average molecular weight is 252 g/mol. The number of carbonyl (C=O) groups excluding carboxylic acids is 1. The Balaban J connectivity index is 2.86. The third-order valence-corrected chi connectivity index (χ3v) is 2.44. The lowest BCUT2D eigenvalue weighted by Gasteiger charge is -2.11. The number of methoxy groups -OCH3 is 1. The summed E-state index contributed by atoms with van der Waals surface area (Å²) in [5.41, 5.74) is 3.83. The number of nitrogens with two attached hydrogens (primary N) is 1. The second kappa shape index (κ2) is 6.93. The fourth-order valence-corrected chi connectivity index (χ4v) is 1.42. The minimum atomic E-state index is -0.159. The standard InChI is InChI=1S/C12H20N4O2/c1-8(2)10-6-9(7-11(15-10)16-13)12(17)14-4-5-18-3/h6-8H,4-5,13H2,1-3H3,(H,14,17)(H,15,16). The molecule has 0 spiro atoms. The van der Waals surface area contributed by atoms with Crippen molar-refractivity contribution in [1.82, 2.24) is 10.3 Å². The summed E-state index contributed by atoms with van der Waals surface area (Å²) in [6, 6.07) is 3.39. The van der Waals surface area contributed by atoms with Crippen molar-refractivity contribution in [2.24, 2.45) is 5.84 Å². The molecule has 0 fully saturated rings. The van der Waals surface area contributed by atoms with E-state index in [4.69, 9.17) is 10.6 Å². The Labute approximate surface area is 107 Å². The molecule has 0 aliphatic carbocycles. The molecule has 1 heterocycles. The summed E-state index contributed by atoms with van der Waals surface area (Å²) in [7, 11) is 1.59. The Hall–Kier alpha value is -1.66. The highest BCUT2D eigenvalue weighted by Gasteiger charge is 2.11. The van der Waals surface area contributed by atoms with E-state index in [1.54, 1.807) is 19.2 Å². The summed E-state index contributed by atoms with van der Waals surface area (Å²) in [4.78, 5) is 16.2. The van der Waals surface area contributed by atoms with E-state index < -0.39 is 0 Å². The average Bonchev–Trinajstić information content (AvgIpc) is 2.38. The number of nitrogens with one attached hydrogen (secondary N) is 2. The first kappa shape index (κ1) is 14.4. The molecule has 6 nitrogen and oxygen atoms in total. The van der Waals surface area contributed by atoms with Gasteiger partial charge in [-0.2, -0.15) is 0 Å². The number of amides is 1. The summed E-state index contributed by atoms with van der Waals surface area (Å²) in [5, 5.41) is 2.76. The van der Waals surface area contributed by atoms with Crippen LogP contribution in [0.3, 0.4) is 0 Å². The molecule has 0 atom stereocenters. The van der Waals surface area contributed by atoms with Gasteiger partial charge in [-0.15, -0.1) is 0 Å². The van der Waals surface area contributed by atoms with Crippen LogP contribution < -0.4 is 16.6 Å². The molecule has 1 rings (SSSR count). The van der Waals surface area contributed by atoms with Crippen molar-refractivity contribution in [3.8, 4) is 0 Å². The van der Waals surface area contributed by atoms with Crippen molar-refractivity contribution < 1.29 is 9.53 Å². The molecule has 0 aromatic carbocycles. The lowest BCUT2D eigenvalue weighted by atomic mass is 10.1. The normalized spacial score (nSPS) is 10.5. The van der Waals surface area contributed by atoms with E-state index in [9.17, 15) is 4.79 Å². The number of pyridine rings is 1. The van der Waals surface area contributed by atoms with E-state index in [0.29, 0.717) is 24.5 Å². The van der Waals surface area contributed by atoms with Crippen molar-refractivity contribution in [2.45, 2.75) is 19.8 Å². The SMILES string of the molecule is COCCNC(=O)c1cc(NN)nc(C(C)C)c1. The lowest BCUT2D eigenvalue weighted by Crippen LogP contribution is -2.27. The monoisotopic (exact) mass is 252 g/mol. The number of hydrazine groups is 1. The summed E-state index contributed by atoms with van der Waals surface area (Å²) in [6.07, 6.45) is 0. The lowest BCUT2D eigenvalue weighted by molar-refractivity contribution is 0.0937. The van der Waals surface area contributed by atoms with Gasteiger partial charge in [0.25, 0.3) is 5.91 Å². The number of ether oxygens (including phenoxy) is 1. The highest BCUT2D eigenvalue weighted by Crippen LogP contribution is 2.17. The van der Waals surface area contributed by atoms with Crippen LogP contribution in [0.15, 0.2) is 12.1 Å². The first-order valence-corrected chi connectivity index (χ1v) is 5.84. The topological polar surface area (TPSA) is 89.3 Å². The second-order valence-corrected chi connectivity index (χ2v) is 4.21. The van der Waals surface area contributed by atoms with E-state index in [1.165, 1.54) is 0 Å². The third kappa shape index (κ3) is 3.97. The van der Waals surface area contributed by atoms with Crippen LogP contribution in [0.5, 0.6) is 0 Å². The molecule has 0 aliphatic heterocycles. The summed E-state index contributed by atoms with van der Waals surface area (Å²) < 4.78 is 4.88. The number of hydrogen-bond donors (Lipinski definition) is 3. The molecule has 18 heavy (non-hydrogen) atoms. The molecule has 0 aliphatic rings. The van der Waals surface area contributed by atoms with Crippen LogP contribution in [0.25, 0.3) is 0 Å². The van der Waals surface area contributed by atoms with Gasteiger partial charge in [0, 0.05) is 24.9 Å². The number of anilines is 1. The maximum absolute atomic E-state index is 11.9. The molecule has 0 bridgehead atoms. The van der Waals surface area contributed by atoms with Crippen LogP contribution in [0.4, 0.5) is 5.82 Å². The van der Waals surface area contributed by atoms with Crippen LogP contribution in [0.2, 0.25) is 0 Å². The van der Waals surface area contributed by atoms with Gasteiger partial charge in [-0.05, 0) is 18.1 Å². The van der Waals surface area contributed by atoms with E-state index >= 15 is 0 Å². The zero-order valence-electron chi connectivity index (χ0n) is 11.0. The molecule has 1 aromatic heterocycles. The number of carbonyl (C=O) groups is 1. The minimum Gasteiger partial charge on any atom is -0.383 e. The first-order valence-electron chi connectivity index (χ1n) is 5.84. The Bertz CT molecular complexity index is 407. The van der Waals surface area contributed by atoms with Crippen LogP contribution in [-0.2, 0) is 4.74 Å². The van der Waals surface area contributed by atoms with E-state index in [0.717, 1.165) is 5.69 Å². The first-order chi connectivity index (χ1) is 8.58. The van der Waals surface area contributed by atoms with Gasteiger partial charge in [-0.25, -0.2) is 10.8 Å². The van der Waals surface area contributed by atoms with E-state index in [2.05, 4.69) is 15.7 Å². The molecule has 4 N–H and O–H groups in total. The summed E-state index contributed by atoms with van der Waals surface area (Å²) >= 11 is 0. The van der Waals surface area contributed by atoms with Gasteiger partial charge in [0.15, 0.2) is 0 Å². The Morgan fingerprint density at radius 2 is 2.22 bits per heavy atom. The van der Waals surface area contributed by atoms with Crippen molar-refractivity contribution >= 4 is 11.7 Å². The maximum atomic E-state index is 11.9. The highest BCUT2D eigenvalue weighted by atomic mass is 16.5. The van der Waals surface area contributed by atoms with Gasteiger partial charge >= 0.3 is 0 Å². The van der Waals surface area contributed by atoms with Gasteiger partial charge in [-0.1, -0.05) is 13.8 Å². The minimum absolute atomic E-state index is 0.159. The molecule has 0 saturated heterocycles. The Kier molecular flexibility index (Phi) is 5.54. The summed E-state index contributed by atoms with van der Waals surface area (Å²) in [6.45, 7) is 4.97. The van der Waals surface area contributed by atoms with Crippen LogP contribution in [-0.4, -0.2) is 31.2 Å². The number of nitrogen functional groups attached to an aromatic ring is 1. The highest BCUT2D eigenvalue weighted by molar-refractivity contribution is 5.95. The van der Waals surface area contributed by atoms with Crippen molar-refractivity contribution in [3.05, 3.63) is 23.4 Å². The van der Waals surface area contributed by atoms with E-state index in [-0.39, 0.29) is 11.8 Å². The van der Waals surface area contributed by atoms with Gasteiger partial charge in [-0.3, -0.25) is 4.79 Å². The largest absolute Gasteiger partial charge is 0.383 e. The van der Waals surface area contributed by atoms with Crippen LogP contribution in [0.1, 0.15) is 35.8 Å². The fourth-order valence-electron chi connectivity index (χ4n) is 1.42. The van der Waals surface area contributed by atoms with Gasteiger partial charge < -0.3 is 15.5 Å². The molecule has 0 unspecified atom stereocenters. The Morgan fingerprint density at radius 3 is 2.78 bits per heavy atom. The van der Waals surface area contributed by atoms with Crippen molar-refractivity contribution in [1.29, 1.82) is 0 Å². The van der Waals surface area contributed by atoms with Crippen LogP contribution in [0, 0.1) is 0 Å². The van der Waals surface area contributed by atoms with Gasteiger partial charge in [0.05, 0.1) is 6.61 Å². The number of rotatable bonds is 6. The predicted octanol–water partition coefficient (Wildman–Crippen LogP) is 0.867. The molecule has 6 heteroatoms. The van der Waals surface area contributed by atoms with Gasteiger partial charge in [0.2, 0.25) is 0 Å². The predicted molar refractivity (Wildman–Crippen MR) is 70.3 cm³/mol. The molecular weight excluding hydrogens is 232 g/mol. The maximum Gasteiger partial charge on any atom is 0.251 e. The van der Waals surface area contributed by atoms with E-state index in [1.807, 2.05) is 13.8 Å². The fraction of sp³-hybridized carbons (Fsp3) is 0.500. The zero-order chi connectivity index (χ0) is 13.5. The van der Waals surface area contributed by atoms with Crippen molar-refractivity contribution in [3.63, 3.8) is 0 Å². The molecular formula is C12H20N4O2. The molecule has 1 aromatic rings. The number of nitrogens with zero attached hydrogens (tertiary/aromatic N) is 1. The molecule has 0 radical (unpaired) electrons. The second-order valence-electron chi connectivity index (χ2n) is 4.21. The molecule has 100 valence electrons. The smallest absolute Gasteiger partial charge is 0.251 e. The Morgan fingerprint density at radius 1 is 1.50 bits per heavy atom. The summed E-state index contributed by atoms with van der Waals surface area (Å²) in [5.74, 6) is 5.90. The van der Waals surface area contributed by atoms with Gasteiger partial charge in [0.1, 0.15) is 5.82 Å².